The van der Waals surface area contributed by atoms with Gasteiger partial charge in [0.05, 0.1) is 13.3 Å². The summed E-state index contributed by atoms with van der Waals surface area (Å²) >= 11 is 0. The fourth-order valence-corrected chi connectivity index (χ4v) is 5.97. The predicted molar refractivity (Wildman–Crippen MR) is 138 cm³/mol. The van der Waals surface area contributed by atoms with E-state index in [-0.39, 0.29) is 5.78 Å². The molecule has 0 aliphatic carbocycles. The van der Waals surface area contributed by atoms with Crippen LogP contribution in [0, 0.1) is 5.41 Å². The van der Waals surface area contributed by atoms with Gasteiger partial charge in [0.15, 0.2) is 5.78 Å². The van der Waals surface area contributed by atoms with E-state index in [1.807, 2.05) is 54.6 Å². The van der Waals surface area contributed by atoms with E-state index in [1.54, 1.807) is 42.6 Å². The van der Waals surface area contributed by atoms with Crippen LogP contribution < -0.4 is 4.74 Å². The predicted octanol–water partition coefficient (Wildman–Crippen LogP) is 4.26. The number of cyclic esters (lactones) is 2. The van der Waals surface area contributed by atoms with Crippen LogP contribution in [0.3, 0.4) is 0 Å². The lowest BCUT2D eigenvalue weighted by Crippen LogP contribution is -2.58. The summed E-state index contributed by atoms with van der Waals surface area (Å²) in [5.74, 6) is -3.54. The summed E-state index contributed by atoms with van der Waals surface area (Å²) in [5.41, 5.74) is 0.608. The molecule has 3 atom stereocenters. The zero-order valence-corrected chi connectivity index (χ0v) is 21.2. The quantitative estimate of drug-likeness (QED) is 0.294. The summed E-state index contributed by atoms with van der Waals surface area (Å²) in [6.07, 6.45) is 1.66. The average Bonchev–Trinajstić information content (AvgIpc) is 3.24. The van der Waals surface area contributed by atoms with Crippen LogP contribution >= 0.6 is 0 Å². The Bertz CT molecular complexity index is 1440. The van der Waals surface area contributed by atoms with E-state index in [1.165, 1.54) is 13.8 Å². The molecule has 0 bridgehead atoms. The van der Waals surface area contributed by atoms with Gasteiger partial charge in [-0.25, -0.2) is 0 Å². The molecule has 6 rings (SSSR count). The van der Waals surface area contributed by atoms with Crippen molar-refractivity contribution in [2.45, 2.75) is 37.6 Å². The van der Waals surface area contributed by atoms with E-state index in [9.17, 15) is 14.4 Å². The topological polar surface area (TPSA) is 94.5 Å². The van der Waals surface area contributed by atoms with Crippen molar-refractivity contribution in [3.05, 3.63) is 101 Å². The number of fused-ring (bicyclic) bond motifs is 4. The minimum atomic E-state index is -1.88. The number of rotatable bonds is 4. The van der Waals surface area contributed by atoms with Gasteiger partial charge in [-0.1, -0.05) is 54.6 Å². The number of ether oxygens (including phenoxy) is 3. The number of carbonyl (C=O) groups excluding carboxylic acids is 3. The number of carbonyl (C=O) groups is 3. The van der Waals surface area contributed by atoms with Gasteiger partial charge in [-0.2, -0.15) is 5.10 Å². The first-order valence-electron chi connectivity index (χ1n) is 12.4. The Hall–Kier alpha value is -4.46. The maximum atomic E-state index is 14.3. The van der Waals surface area contributed by atoms with E-state index in [0.29, 0.717) is 22.4 Å². The zero-order valence-electron chi connectivity index (χ0n) is 21.2. The Labute approximate surface area is 219 Å². The largest absolute Gasteiger partial charge is 0.497 e. The lowest BCUT2D eigenvalue weighted by Gasteiger charge is -2.44. The second kappa shape index (κ2) is 8.55. The van der Waals surface area contributed by atoms with E-state index in [0.717, 1.165) is 5.56 Å². The standard InChI is InChI=1S/C30H26N2O6/c1-29(2)37-27(34)30(28(35)38-29)23(18-9-5-4-6-10-18)24(25(33)19-13-15-21(36-3)16-14-19)32-26(30)22-12-8-7-11-20(22)17-31-32/h4-17,23-24,26H,1-3H3/t23-,24+,26+/m0/s1. The van der Waals surface area contributed by atoms with Gasteiger partial charge < -0.3 is 14.2 Å². The Balaban J connectivity index is 1.62. The Kier molecular flexibility index (Phi) is 5.38. The number of methoxy groups -OCH3 is 1. The summed E-state index contributed by atoms with van der Waals surface area (Å²) < 4.78 is 16.8. The van der Waals surface area contributed by atoms with E-state index >= 15 is 0 Å². The molecule has 3 aromatic rings. The molecule has 2 saturated heterocycles. The molecule has 8 nitrogen and oxygen atoms in total. The third-order valence-electron chi connectivity index (χ3n) is 7.56. The Morgan fingerprint density at radius 1 is 0.895 bits per heavy atom. The number of hydrazone groups is 1. The van der Waals surface area contributed by atoms with Crippen molar-refractivity contribution in [3.8, 4) is 5.75 Å². The summed E-state index contributed by atoms with van der Waals surface area (Å²) in [7, 11) is 1.55. The highest BCUT2D eigenvalue weighted by atomic mass is 16.7. The van der Waals surface area contributed by atoms with E-state index in [4.69, 9.17) is 14.2 Å². The maximum absolute atomic E-state index is 14.3. The Morgan fingerprint density at radius 3 is 2.18 bits per heavy atom. The molecular formula is C30H26N2O6. The van der Waals surface area contributed by atoms with Crippen LogP contribution in [0.5, 0.6) is 5.75 Å². The highest BCUT2D eigenvalue weighted by molar-refractivity contribution is 6.09. The molecule has 0 radical (unpaired) electrons. The Morgan fingerprint density at radius 2 is 1.53 bits per heavy atom. The van der Waals surface area contributed by atoms with Crippen LogP contribution in [0.2, 0.25) is 0 Å². The van der Waals surface area contributed by atoms with Crippen molar-refractivity contribution >= 4 is 23.9 Å². The molecule has 192 valence electrons. The van der Waals surface area contributed by atoms with Gasteiger partial charge in [-0.15, -0.1) is 0 Å². The van der Waals surface area contributed by atoms with Gasteiger partial charge in [0.25, 0.3) is 5.79 Å². The molecule has 0 amide bonds. The molecule has 0 saturated carbocycles. The van der Waals surface area contributed by atoms with Crippen LogP contribution in [0.4, 0.5) is 0 Å². The first-order chi connectivity index (χ1) is 18.3. The summed E-state index contributed by atoms with van der Waals surface area (Å²) in [6.45, 7) is 3.04. The number of hydrogen-bond donors (Lipinski definition) is 0. The fraction of sp³-hybridized carbons (Fsp3) is 0.267. The number of nitrogens with zero attached hydrogens (tertiary/aromatic N) is 2. The normalized spacial score (nSPS) is 24.3. The molecule has 2 fully saturated rings. The second-order valence-corrected chi connectivity index (χ2v) is 10.1. The number of hydrogen-bond acceptors (Lipinski definition) is 8. The molecule has 3 aliphatic heterocycles. The molecule has 3 heterocycles. The number of benzene rings is 3. The zero-order chi connectivity index (χ0) is 26.7. The fourth-order valence-electron chi connectivity index (χ4n) is 5.97. The number of ketones is 1. The van der Waals surface area contributed by atoms with Crippen LogP contribution in [-0.4, -0.2) is 47.9 Å². The molecule has 0 N–H and O–H groups in total. The van der Waals surface area contributed by atoms with Gasteiger partial charge in [-0.05, 0) is 41.0 Å². The SMILES string of the molecule is COc1ccc(C(=O)[C@H]2[C@H](c3ccccc3)C3(C(=O)OC(C)(C)OC3=O)[C@H]3c4ccccc4C=NN23)cc1. The van der Waals surface area contributed by atoms with Gasteiger partial charge in [0.2, 0.25) is 5.41 Å². The second-order valence-electron chi connectivity index (χ2n) is 10.1. The molecular weight excluding hydrogens is 484 g/mol. The molecule has 8 heteroatoms. The lowest BCUT2D eigenvalue weighted by atomic mass is 9.65. The summed E-state index contributed by atoms with van der Waals surface area (Å²) in [4.78, 5) is 42.6. The monoisotopic (exact) mass is 510 g/mol. The minimum absolute atomic E-state index is 0.287. The summed E-state index contributed by atoms with van der Waals surface area (Å²) in [6, 6.07) is 21.3. The number of Topliss-reactive ketones (excluding diaryl/α,β-unsaturated/α-hetero) is 1. The van der Waals surface area contributed by atoms with E-state index in [2.05, 4.69) is 5.10 Å². The molecule has 0 unspecified atom stereocenters. The third kappa shape index (κ3) is 3.36. The summed E-state index contributed by atoms with van der Waals surface area (Å²) in [5, 5.41) is 6.26. The van der Waals surface area contributed by atoms with Crippen molar-refractivity contribution < 1.29 is 28.6 Å². The molecule has 1 spiro atoms. The smallest absolute Gasteiger partial charge is 0.330 e. The number of esters is 2. The molecule has 38 heavy (non-hydrogen) atoms. The highest BCUT2D eigenvalue weighted by Gasteiger charge is 2.75. The van der Waals surface area contributed by atoms with Crippen LogP contribution in [-0.2, 0) is 19.1 Å². The molecule has 3 aromatic carbocycles. The highest BCUT2D eigenvalue weighted by Crippen LogP contribution is 2.62. The minimum Gasteiger partial charge on any atom is -0.497 e. The van der Waals surface area contributed by atoms with Gasteiger partial charge in [0.1, 0.15) is 17.8 Å². The van der Waals surface area contributed by atoms with Gasteiger partial charge in [0, 0.05) is 25.3 Å². The van der Waals surface area contributed by atoms with Crippen molar-refractivity contribution in [2.24, 2.45) is 10.5 Å². The first kappa shape index (κ1) is 23.9. The van der Waals surface area contributed by atoms with Crippen molar-refractivity contribution in [1.29, 1.82) is 0 Å². The van der Waals surface area contributed by atoms with Crippen molar-refractivity contribution in [1.82, 2.24) is 5.01 Å². The van der Waals surface area contributed by atoms with Crippen LogP contribution in [0.25, 0.3) is 0 Å². The van der Waals surface area contributed by atoms with E-state index < -0.39 is 41.1 Å². The lowest BCUT2D eigenvalue weighted by molar-refractivity contribution is -0.254. The van der Waals surface area contributed by atoms with Crippen molar-refractivity contribution in [2.75, 3.05) is 7.11 Å². The maximum Gasteiger partial charge on any atom is 0.330 e. The van der Waals surface area contributed by atoms with Crippen LogP contribution in [0.1, 0.15) is 52.9 Å². The van der Waals surface area contributed by atoms with Gasteiger partial charge >= 0.3 is 11.9 Å². The first-order valence-corrected chi connectivity index (χ1v) is 12.4. The van der Waals surface area contributed by atoms with Gasteiger partial charge in [-0.3, -0.25) is 19.4 Å². The molecule has 3 aliphatic rings. The third-order valence-corrected chi connectivity index (χ3v) is 7.56. The average molecular weight is 511 g/mol. The van der Waals surface area contributed by atoms with Crippen LogP contribution in [0.15, 0.2) is 84.0 Å². The van der Waals surface area contributed by atoms with Crippen molar-refractivity contribution in [3.63, 3.8) is 0 Å². The molecule has 0 aromatic heterocycles.